The van der Waals surface area contributed by atoms with Gasteiger partial charge in [-0.3, -0.25) is 4.79 Å². The molecular weight excluding hydrogens is 354 g/mol. The Balaban J connectivity index is 2.56. The standard InChI is InChI=1S/C22H33N3O3/c1-22(2,3)28-21(27)25-19(20(26)24-4)16-18-13-11-17(12-14-18)10-8-6-5-7-9-15-23/h11-14,19H,5-10,16H2,1-4H3,(H,24,26)(H,25,27)/t19-/m0/s1. The molecule has 2 N–H and O–H groups in total. The number of carbonyl (C=O) groups is 2. The molecule has 0 saturated carbocycles. The predicted octanol–water partition coefficient (Wildman–Crippen LogP) is 3.88. The van der Waals surface area contributed by atoms with Gasteiger partial charge in [0.2, 0.25) is 5.91 Å². The number of nitrogens with zero attached hydrogens (tertiary/aromatic N) is 1. The van der Waals surface area contributed by atoms with Crippen LogP contribution in [0.5, 0.6) is 0 Å². The van der Waals surface area contributed by atoms with Gasteiger partial charge in [0.25, 0.3) is 0 Å². The lowest BCUT2D eigenvalue weighted by Crippen LogP contribution is -2.48. The van der Waals surface area contributed by atoms with Crippen LogP contribution in [0, 0.1) is 11.3 Å². The molecule has 0 aromatic heterocycles. The van der Waals surface area contributed by atoms with Crippen LogP contribution in [-0.2, 0) is 22.4 Å². The van der Waals surface area contributed by atoms with Gasteiger partial charge < -0.3 is 15.4 Å². The first-order valence-corrected chi connectivity index (χ1v) is 9.91. The molecule has 0 unspecified atom stereocenters. The second-order valence-electron chi connectivity index (χ2n) is 7.91. The van der Waals surface area contributed by atoms with E-state index in [0.717, 1.165) is 37.7 Å². The molecule has 0 aliphatic carbocycles. The fourth-order valence-corrected chi connectivity index (χ4v) is 2.80. The van der Waals surface area contributed by atoms with Crippen LogP contribution in [-0.4, -0.2) is 30.7 Å². The van der Waals surface area contributed by atoms with Crippen LogP contribution < -0.4 is 10.6 Å². The van der Waals surface area contributed by atoms with Crippen LogP contribution in [0.4, 0.5) is 4.79 Å². The summed E-state index contributed by atoms with van der Waals surface area (Å²) in [6.07, 6.45) is 5.73. The minimum atomic E-state index is -0.689. The number of nitrogens with one attached hydrogen (secondary N) is 2. The van der Waals surface area contributed by atoms with Gasteiger partial charge in [-0.05, 0) is 51.2 Å². The molecule has 6 nitrogen and oxygen atoms in total. The molecule has 0 saturated heterocycles. The van der Waals surface area contributed by atoms with E-state index < -0.39 is 17.7 Å². The molecule has 1 atom stereocenters. The molecule has 1 aromatic carbocycles. The third-order valence-electron chi connectivity index (χ3n) is 4.22. The van der Waals surface area contributed by atoms with Gasteiger partial charge in [-0.25, -0.2) is 4.79 Å². The number of carbonyl (C=O) groups excluding carboxylic acids is 2. The first kappa shape index (κ1) is 23.5. The zero-order valence-corrected chi connectivity index (χ0v) is 17.5. The van der Waals surface area contributed by atoms with Crippen molar-refractivity contribution in [3.63, 3.8) is 0 Å². The number of amides is 2. The number of benzene rings is 1. The van der Waals surface area contributed by atoms with Gasteiger partial charge in [0.1, 0.15) is 11.6 Å². The molecule has 154 valence electrons. The van der Waals surface area contributed by atoms with E-state index in [9.17, 15) is 9.59 Å². The lowest BCUT2D eigenvalue weighted by Gasteiger charge is -2.23. The predicted molar refractivity (Wildman–Crippen MR) is 110 cm³/mol. The average Bonchev–Trinajstić information content (AvgIpc) is 2.63. The molecule has 6 heteroatoms. The van der Waals surface area contributed by atoms with E-state index in [1.54, 1.807) is 27.8 Å². The molecule has 0 aliphatic heterocycles. The van der Waals surface area contributed by atoms with E-state index in [1.165, 1.54) is 5.56 Å². The van der Waals surface area contributed by atoms with E-state index in [4.69, 9.17) is 10.00 Å². The van der Waals surface area contributed by atoms with Crippen molar-refractivity contribution in [2.45, 2.75) is 77.4 Å². The molecule has 0 bridgehead atoms. The highest BCUT2D eigenvalue weighted by Crippen LogP contribution is 2.13. The second-order valence-corrected chi connectivity index (χ2v) is 7.91. The van der Waals surface area contributed by atoms with Gasteiger partial charge >= 0.3 is 6.09 Å². The van der Waals surface area contributed by atoms with Gasteiger partial charge in [0.15, 0.2) is 0 Å². The monoisotopic (exact) mass is 387 g/mol. The van der Waals surface area contributed by atoms with Crippen molar-refractivity contribution in [3.8, 4) is 6.07 Å². The second kappa shape index (κ2) is 12.0. The third kappa shape index (κ3) is 9.96. The topological polar surface area (TPSA) is 91.2 Å². The summed E-state index contributed by atoms with van der Waals surface area (Å²) in [7, 11) is 1.55. The van der Waals surface area contributed by atoms with E-state index >= 15 is 0 Å². The van der Waals surface area contributed by atoms with Gasteiger partial charge in [-0.2, -0.15) is 5.26 Å². The smallest absolute Gasteiger partial charge is 0.408 e. The summed E-state index contributed by atoms with van der Waals surface area (Å²) in [6.45, 7) is 5.34. The summed E-state index contributed by atoms with van der Waals surface area (Å²) < 4.78 is 5.25. The van der Waals surface area contributed by atoms with Crippen molar-refractivity contribution < 1.29 is 14.3 Å². The first-order valence-electron chi connectivity index (χ1n) is 9.91. The fourth-order valence-electron chi connectivity index (χ4n) is 2.80. The number of rotatable bonds is 10. The molecule has 1 aromatic rings. The molecule has 0 aliphatic rings. The van der Waals surface area contributed by atoms with E-state index in [1.807, 2.05) is 12.1 Å². The molecule has 0 fully saturated rings. The Hall–Kier alpha value is -2.55. The van der Waals surface area contributed by atoms with Crippen LogP contribution in [0.1, 0.15) is 64.0 Å². The number of alkyl carbamates (subject to hydrolysis) is 1. The zero-order chi connectivity index (χ0) is 21.0. The molecule has 28 heavy (non-hydrogen) atoms. The summed E-state index contributed by atoms with van der Waals surface area (Å²) in [4.78, 5) is 24.1. The molecule has 1 rings (SSSR count). The maximum absolute atomic E-state index is 12.1. The van der Waals surface area contributed by atoms with Crippen LogP contribution >= 0.6 is 0 Å². The zero-order valence-electron chi connectivity index (χ0n) is 17.5. The van der Waals surface area contributed by atoms with Crippen molar-refractivity contribution in [2.24, 2.45) is 0 Å². The number of aryl methyl sites for hydroxylation is 1. The Labute approximate surface area is 168 Å². The van der Waals surface area contributed by atoms with E-state index in [0.29, 0.717) is 12.8 Å². The number of unbranched alkanes of at least 4 members (excludes halogenated alkanes) is 4. The van der Waals surface area contributed by atoms with E-state index in [2.05, 4.69) is 28.8 Å². The van der Waals surface area contributed by atoms with Crippen molar-refractivity contribution in [3.05, 3.63) is 35.4 Å². The molecule has 0 spiro atoms. The summed E-state index contributed by atoms with van der Waals surface area (Å²) in [5, 5.41) is 13.8. The van der Waals surface area contributed by atoms with Crippen LogP contribution in [0.2, 0.25) is 0 Å². The highest BCUT2D eigenvalue weighted by Gasteiger charge is 2.23. The lowest BCUT2D eigenvalue weighted by molar-refractivity contribution is -0.122. The molecule has 2 amide bonds. The average molecular weight is 388 g/mol. The number of hydrogen-bond donors (Lipinski definition) is 2. The number of likely N-dealkylation sites (N-methyl/N-ethyl adjacent to an activating group) is 1. The summed E-state index contributed by atoms with van der Waals surface area (Å²) in [5.74, 6) is -0.257. The van der Waals surface area contributed by atoms with Crippen molar-refractivity contribution in [1.29, 1.82) is 5.26 Å². The Kier molecular flexibility index (Phi) is 10.1. The summed E-state index contributed by atoms with van der Waals surface area (Å²) in [5.41, 5.74) is 1.61. The Morgan fingerprint density at radius 2 is 1.68 bits per heavy atom. The third-order valence-corrected chi connectivity index (χ3v) is 4.22. The Morgan fingerprint density at radius 1 is 1.07 bits per heavy atom. The lowest BCUT2D eigenvalue weighted by atomic mass is 10.0. The maximum atomic E-state index is 12.1. The van der Waals surface area contributed by atoms with Crippen molar-refractivity contribution in [2.75, 3.05) is 7.05 Å². The highest BCUT2D eigenvalue weighted by atomic mass is 16.6. The molecule has 0 heterocycles. The quantitative estimate of drug-likeness (QED) is 0.596. The molecule has 0 radical (unpaired) electrons. The largest absolute Gasteiger partial charge is 0.444 e. The van der Waals surface area contributed by atoms with Gasteiger partial charge in [-0.1, -0.05) is 37.1 Å². The van der Waals surface area contributed by atoms with Crippen LogP contribution in [0.15, 0.2) is 24.3 Å². The van der Waals surface area contributed by atoms with Gasteiger partial charge in [0, 0.05) is 19.9 Å². The minimum absolute atomic E-state index is 0.257. The summed E-state index contributed by atoms with van der Waals surface area (Å²) in [6, 6.07) is 9.61. The fraction of sp³-hybridized carbons (Fsp3) is 0.591. The van der Waals surface area contributed by atoms with Crippen LogP contribution in [0.3, 0.4) is 0 Å². The highest BCUT2D eigenvalue weighted by molar-refractivity contribution is 5.85. The molecular formula is C22H33N3O3. The van der Waals surface area contributed by atoms with Crippen molar-refractivity contribution >= 4 is 12.0 Å². The number of nitriles is 1. The normalized spacial score (nSPS) is 12.0. The Morgan fingerprint density at radius 3 is 2.25 bits per heavy atom. The van der Waals surface area contributed by atoms with E-state index in [-0.39, 0.29) is 5.91 Å². The number of ether oxygens (including phenoxy) is 1. The van der Waals surface area contributed by atoms with Gasteiger partial charge in [0.05, 0.1) is 6.07 Å². The maximum Gasteiger partial charge on any atom is 0.408 e. The van der Waals surface area contributed by atoms with Gasteiger partial charge in [-0.15, -0.1) is 0 Å². The minimum Gasteiger partial charge on any atom is -0.444 e. The number of hydrogen-bond acceptors (Lipinski definition) is 4. The first-order chi connectivity index (χ1) is 13.2. The van der Waals surface area contributed by atoms with Crippen molar-refractivity contribution in [1.82, 2.24) is 10.6 Å². The SMILES string of the molecule is CNC(=O)[C@H](Cc1ccc(CCCCCCC#N)cc1)NC(=O)OC(C)(C)C. The summed E-state index contributed by atoms with van der Waals surface area (Å²) >= 11 is 0. The van der Waals surface area contributed by atoms with Crippen LogP contribution in [0.25, 0.3) is 0 Å². The Bertz CT molecular complexity index is 657.